The van der Waals surface area contributed by atoms with E-state index in [1.807, 2.05) is 0 Å². The maximum Gasteiger partial charge on any atom is 0.305 e. The third kappa shape index (κ3) is 6.76. The molecule has 30 heavy (non-hydrogen) atoms. The Morgan fingerprint density at radius 1 is 1.27 bits per heavy atom. The largest absolute Gasteiger partial charge is 0.469 e. The molecule has 1 aliphatic heterocycles. The number of guanidine groups is 1. The molecule has 3 amide bonds. The normalized spacial score (nSPS) is 13.6. The first kappa shape index (κ1) is 22.7. The van der Waals surface area contributed by atoms with Gasteiger partial charge in [-0.15, -0.1) is 0 Å². The van der Waals surface area contributed by atoms with Crippen molar-refractivity contribution in [2.24, 2.45) is 5.73 Å². The molecule has 0 bridgehead atoms. The summed E-state index contributed by atoms with van der Waals surface area (Å²) in [7, 11) is 1.31. The first-order chi connectivity index (χ1) is 14.3. The third-order valence-electron chi connectivity index (χ3n) is 4.47. The van der Waals surface area contributed by atoms with Gasteiger partial charge in [0.15, 0.2) is 5.96 Å². The van der Waals surface area contributed by atoms with E-state index < -0.39 is 5.91 Å². The van der Waals surface area contributed by atoms with Crippen LogP contribution >= 0.6 is 0 Å². The third-order valence-corrected chi connectivity index (χ3v) is 4.47. The second-order valence-electron chi connectivity index (χ2n) is 6.69. The first-order valence-electron chi connectivity index (χ1n) is 9.42. The van der Waals surface area contributed by atoms with E-state index >= 15 is 0 Å². The van der Waals surface area contributed by atoms with Gasteiger partial charge in [0.25, 0.3) is 5.91 Å². The van der Waals surface area contributed by atoms with E-state index in [2.05, 4.69) is 15.4 Å². The summed E-state index contributed by atoms with van der Waals surface area (Å²) in [4.78, 5) is 50.5. The lowest BCUT2D eigenvalue weighted by Crippen LogP contribution is -2.55. The molecule has 1 saturated heterocycles. The highest BCUT2D eigenvalue weighted by Crippen LogP contribution is 2.11. The number of ether oxygens (including phenoxy) is 1. The number of hydrogen-bond acceptors (Lipinski definition) is 6. The molecule has 2 rings (SSSR count). The zero-order chi connectivity index (χ0) is 22.1. The standard InChI is InChI=1S/C19H26N6O5/c1-30-17(28)6-3-7-22-18(29)13-4-2-5-14(10-13)23-15(26)11-24-8-9-25(19(20)21)12-16(24)27/h2,4-5,10H,3,6-9,11-12H2,1H3,(H3,20,21)(H,22,29)(H,23,26). The predicted octanol–water partition coefficient (Wildman–Crippen LogP) is -0.654. The molecule has 1 aromatic rings. The first-order valence-corrected chi connectivity index (χ1v) is 9.42. The zero-order valence-electron chi connectivity index (χ0n) is 16.8. The molecule has 1 heterocycles. The number of methoxy groups -OCH3 is 1. The van der Waals surface area contributed by atoms with Crippen LogP contribution < -0.4 is 16.4 Å². The van der Waals surface area contributed by atoms with Gasteiger partial charge in [0, 0.05) is 37.3 Å². The minimum Gasteiger partial charge on any atom is -0.469 e. The van der Waals surface area contributed by atoms with Crippen LogP contribution in [0.25, 0.3) is 0 Å². The number of nitrogens with two attached hydrogens (primary N) is 1. The van der Waals surface area contributed by atoms with Gasteiger partial charge < -0.3 is 30.9 Å². The molecule has 0 radical (unpaired) electrons. The van der Waals surface area contributed by atoms with Gasteiger partial charge in [-0.25, -0.2) is 0 Å². The Balaban J connectivity index is 1.83. The molecular weight excluding hydrogens is 392 g/mol. The smallest absolute Gasteiger partial charge is 0.305 e. The van der Waals surface area contributed by atoms with Crippen LogP contribution in [0.3, 0.4) is 0 Å². The maximum atomic E-state index is 12.3. The quantitative estimate of drug-likeness (QED) is 0.189. The SMILES string of the molecule is COC(=O)CCCNC(=O)c1cccc(NC(=O)CN2CCN(C(=N)N)CC2=O)c1. The molecular formula is C19H26N6O5. The van der Waals surface area contributed by atoms with Crippen LogP contribution in [0.4, 0.5) is 5.69 Å². The average Bonchev–Trinajstić information content (AvgIpc) is 2.72. The number of hydrogen-bond donors (Lipinski definition) is 4. The highest BCUT2D eigenvalue weighted by atomic mass is 16.5. The number of esters is 1. The van der Waals surface area contributed by atoms with Gasteiger partial charge in [-0.1, -0.05) is 6.07 Å². The zero-order valence-corrected chi connectivity index (χ0v) is 16.8. The predicted molar refractivity (Wildman–Crippen MR) is 109 cm³/mol. The molecule has 0 saturated carbocycles. The number of nitrogens with zero attached hydrogens (tertiary/aromatic N) is 2. The van der Waals surface area contributed by atoms with Gasteiger partial charge >= 0.3 is 5.97 Å². The Hall–Kier alpha value is -3.63. The Bertz CT molecular complexity index is 827. The van der Waals surface area contributed by atoms with Crippen molar-refractivity contribution >= 4 is 35.3 Å². The van der Waals surface area contributed by atoms with Crippen molar-refractivity contribution in [3.8, 4) is 0 Å². The minimum absolute atomic E-state index is 0.0335. The number of carbonyl (C=O) groups excluding carboxylic acids is 4. The molecule has 0 unspecified atom stereocenters. The Morgan fingerprint density at radius 2 is 2.03 bits per heavy atom. The Morgan fingerprint density at radius 3 is 2.70 bits per heavy atom. The summed E-state index contributed by atoms with van der Waals surface area (Å²) in [6.45, 7) is 0.835. The number of piperazine rings is 1. The van der Waals surface area contributed by atoms with E-state index in [4.69, 9.17) is 11.1 Å². The topological polar surface area (TPSA) is 158 Å². The molecule has 11 nitrogen and oxygen atoms in total. The van der Waals surface area contributed by atoms with E-state index in [0.29, 0.717) is 37.3 Å². The summed E-state index contributed by atoms with van der Waals surface area (Å²) in [5.41, 5.74) is 6.17. The lowest BCUT2D eigenvalue weighted by atomic mass is 10.2. The lowest BCUT2D eigenvalue weighted by molar-refractivity contribution is -0.140. The number of carbonyl (C=O) groups is 4. The number of rotatable bonds is 8. The fourth-order valence-corrected chi connectivity index (χ4v) is 2.83. The van der Waals surface area contributed by atoms with Crippen LogP contribution in [-0.2, 0) is 19.1 Å². The van der Waals surface area contributed by atoms with E-state index in [9.17, 15) is 19.2 Å². The fourth-order valence-electron chi connectivity index (χ4n) is 2.83. The highest BCUT2D eigenvalue weighted by Gasteiger charge is 2.26. The second kappa shape index (κ2) is 10.8. The van der Waals surface area contributed by atoms with Crippen molar-refractivity contribution < 1.29 is 23.9 Å². The van der Waals surface area contributed by atoms with E-state index in [0.717, 1.165) is 0 Å². The summed E-state index contributed by atoms with van der Waals surface area (Å²) in [6.07, 6.45) is 0.673. The molecule has 1 aromatic carbocycles. The Labute approximate surface area is 174 Å². The molecule has 0 aliphatic carbocycles. The van der Waals surface area contributed by atoms with Crippen LogP contribution in [-0.4, -0.2) is 79.3 Å². The van der Waals surface area contributed by atoms with Gasteiger partial charge in [0.2, 0.25) is 11.8 Å². The van der Waals surface area contributed by atoms with Crippen molar-refractivity contribution in [2.75, 3.05) is 45.2 Å². The second-order valence-corrected chi connectivity index (χ2v) is 6.69. The number of amides is 3. The molecule has 1 aliphatic rings. The summed E-state index contributed by atoms with van der Waals surface area (Å²) in [5, 5.41) is 12.7. The van der Waals surface area contributed by atoms with E-state index in [1.54, 1.807) is 18.2 Å². The molecule has 1 fully saturated rings. The fraction of sp³-hybridized carbons (Fsp3) is 0.421. The Kier molecular flexibility index (Phi) is 8.15. The average molecular weight is 418 g/mol. The lowest BCUT2D eigenvalue weighted by Gasteiger charge is -2.34. The van der Waals surface area contributed by atoms with Crippen molar-refractivity contribution in [3.63, 3.8) is 0 Å². The number of benzene rings is 1. The van der Waals surface area contributed by atoms with E-state index in [-0.39, 0.29) is 43.3 Å². The molecule has 0 atom stereocenters. The van der Waals surface area contributed by atoms with Gasteiger partial charge in [-0.05, 0) is 24.6 Å². The van der Waals surface area contributed by atoms with Crippen LogP contribution in [0.5, 0.6) is 0 Å². The van der Waals surface area contributed by atoms with Gasteiger partial charge in [0.1, 0.15) is 0 Å². The van der Waals surface area contributed by atoms with Crippen molar-refractivity contribution in [1.29, 1.82) is 5.41 Å². The molecule has 0 aromatic heterocycles. The summed E-state index contributed by atoms with van der Waals surface area (Å²) in [6, 6.07) is 6.41. The molecule has 11 heteroatoms. The van der Waals surface area contributed by atoms with Crippen LogP contribution in [0, 0.1) is 5.41 Å². The van der Waals surface area contributed by atoms with E-state index in [1.165, 1.54) is 23.0 Å². The summed E-state index contributed by atoms with van der Waals surface area (Å²) >= 11 is 0. The minimum atomic E-state index is -0.393. The highest BCUT2D eigenvalue weighted by molar-refractivity contribution is 5.98. The molecule has 162 valence electrons. The van der Waals surface area contributed by atoms with Gasteiger partial charge in [-0.2, -0.15) is 0 Å². The van der Waals surface area contributed by atoms with Crippen molar-refractivity contribution in [3.05, 3.63) is 29.8 Å². The van der Waals surface area contributed by atoms with Crippen LogP contribution in [0.15, 0.2) is 24.3 Å². The van der Waals surface area contributed by atoms with Crippen molar-refractivity contribution in [2.45, 2.75) is 12.8 Å². The monoisotopic (exact) mass is 418 g/mol. The van der Waals surface area contributed by atoms with Crippen LogP contribution in [0.1, 0.15) is 23.2 Å². The number of anilines is 1. The van der Waals surface area contributed by atoms with Gasteiger partial charge in [0.05, 0.1) is 20.2 Å². The molecule has 5 N–H and O–H groups in total. The van der Waals surface area contributed by atoms with Gasteiger partial charge in [-0.3, -0.25) is 24.6 Å². The van der Waals surface area contributed by atoms with Crippen molar-refractivity contribution in [1.82, 2.24) is 15.1 Å². The van der Waals surface area contributed by atoms with Crippen LogP contribution in [0.2, 0.25) is 0 Å². The maximum absolute atomic E-state index is 12.3. The summed E-state index contributed by atoms with van der Waals surface area (Å²) in [5.74, 6) is -1.52. The number of nitrogens with one attached hydrogen (secondary N) is 3. The molecule has 0 spiro atoms. The summed E-state index contributed by atoms with van der Waals surface area (Å²) < 4.78 is 4.54.